The van der Waals surface area contributed by atoms with E-state index in [-0.39, 0.29) is 11.4 Å². The van der Waals surface area contributed by atoms with Gasteiger partial charge in [-0.1, -0.05) is 28.9 Å². The van der Waals surface area contributed by atoms with Crippen molar-refractivity contribution in [3.63, 3.8) is 0 Å². The van der Waals surface area contributed by atoms with Gasteiger partial charge >= 0.3 is 0 Å². The summed E-state index contributed by atoms with van der Waals surface area (Å²) in [5, 5.41) is 11.8. The fourth-order valence-corrected chi connectivity index (χ4v) is 3.47. The van der Waals surface area contributed by atoms with Crippen molar-refractivity contribution in [3.05, 3.63) is 40.7 Å². The molecule has 3 rings (SSSR count). The highest BCUT2D eigenvalue weighted by Gasteiger charge is 2.35. The number of halogens is 1. The summed E-state index contributed by atoms with van der Waals surface area (Å²) in [5.74, 6) is -0.228. The van der Waals surface area contributed by atoms with Gasteiger partial charge in [0.1, 0.15) is 0 Å². The standard InChI is InChI=1S/C18H24ClN5O2/c1-13-16(21-22-24(13)15-7-5-4-6-14(15)19)17(25)20-12-18(23(2)3)8-10-26-11-9-18/h4-7H,8-12H2,1-3H3,(H,20,25). The first-order chi connectivity index (χ1) is 12.4. The molecule has 1 aliphatic heterocycles. The number of carbonyl (C=O) groups excluding carboxylic acids is 1. The van der Waals surface area contributed by atoms with Crippen LogP contribution in [0.5, 0.6) is 0 Å². The molecule has 2 aromatic rings. The summed E-state index contributed by atoms with van der Waals surface area (Å²) in [6.45, 7) is 3.76. The lowest BCUT2D eigenvalue weighted by Gasteiger charge is -2.42. The van der Waals surface area contributed by atoms with Gasteiger partial charge in [0.15, 0.2) is 5.69 Å². The summed E-state index contributed by atoms with van der Waals surface area (Å²) in [5.41, 5.74) is 1.57. The zero-order valence-electron chi connectivity index (χ0n) is 15.3. The van der Waals surface area contributed by atoms with Crippen LogP contribution in [-0.2, 0) is 4.74 Å². The predicted octanol–water partition coefficient (Wildman–Crippen LogP) is 2.07. The van der Waals surface area contributed by atoms with Gasteiger partial charge in [-0.2, -0.15) is 0 Å². The fourth-order valence-electron chi connectivity index (χ4n) is 3.25. The highest BCUT2D eigenvalue weighted by Crippen LogP contribution is 2.25. The van der Waals surface area contributed by atoms with E-state index in [1.165, 1.54) is 0 Å². The summed E-state index contributed by atoms with van der Waals surface area (Å²) in [7, 11) is 4.08. The number of likely N-dealkylation sites (N-methyl/N-ethyl adjacent to an activating group) is 1. The van der Waals surface area contributed by atoms with E-state index in [1.807, 2.05) is 39.2 Å². The molecule has 0 unspecified atom stereocenters. The van der Waals surface area contributed by atoms with Gasteiger partial charge in [0.05, 0.1) is 16.4 Å². The predicted molar refractivity (Wildman–Crippen MR) is 99.9 cm³/mol. The smallest absolute Gasteiger partial charge is 0.273 e. The normalized spacial score (nSPS) is 16.7. The van der Waals surface area contributed by atoms with E-state index < -0.39 is 0 Å². The second-order valence-electron chi connectivity index (χ2n) is 6.80. The maximum atomic E-state index is 12.7. The Balaban J connectivity index is 1.76. The van der Waals surface area contributed by atoms with Crippen LogP contribution in [0.4, 0.5) is 0 Å². The van der Waals surface area contributed by atoms with Crippen molar-refractivity contribution in [2.24, 2.45) is 0 Å². The van der Waals surface area contributed by atoms with E-state index in [9.17, 15) is 4.79 Å². The molecule has 0 bridgehead atoms. The van der Waals surface area contributed by atoms with E-state index in [4.69, 9.17) is 16.3 Å². The van der Waals surface area contributed by atoms with Crippen LogP contribution in [-0.4, -0.2) is 65.2 Å². The van der Waals surface area contributed by atoms with Crippen molar-refractivity contribution in [2.45, 2.75) is 25.3 Å². The van der Waals surface area contributed by atoms with E-state index in [0.29, 0.717) is 41.9 Å². The molecule has 2 heterocycles. The number of amides is 1. The third-order valence-electron chi connectivity index (χ3n) is 5.14. The summed E-state index contributed by atoms with van der Waals surface area (Å²) < 4.78 is 7.06. The van der Waals surface area contributed by atoms with Crippen molar-refractivity contribution in [1.29, 1.82) is 0 Å². The highest BCUT2D eigenvalue weighted by molar-refractivity contribution is 6.32. The largest absolute Gasteiger partial charge is 0.381 e. The number of nitrogens with zero attached hydrogens (tertiary/aromatic N) is 4. The van der Waals surface area contributed by atoms with Gasteiger partial charge in [0, 0.05) is 25.3 Å². The number of benzene rings is 1. The first-order valence-corrected chi connectivity index (χ1v) is 9.03. The average Bonchev–Trinajstić information content (AvgIpc) is 3.02. The molecule has 1 N–H and O–H groups in total. The summed E-state index contributed by atoms with van der Waals surface area (Å²) in [4.78, 5) is 14.9. The Kier molecular flexibility index (Phi) is 5.60. The van der Waals surface area contributed by atoms with Crippen molar-refractivity contribution >= 4 is 17.5 Å². The molecule has 1 aromatic heterocycles. The van der Waals surface area contributed by atoms with Gasteiger partial charge in [0.25, 0.3) is 5.91 Å². The molecule has 0 saturated carbocycles. The number of carbonyl (C=O) groups is 1. The number of rotatable bonds is 5. The first kappa shape index (κ1) is 18.8. The summed E-state index contributed by atoms with van der Waals surface area (Å²) >= 11 is 6.23. The van der Waals surface area contributed by atoms with Crippen molar-refractivity contribution in [3.8, 4) is 5.69 Å². The average molecular weight is 378 g/mol. The molecule has 7 nitrogen and oxygen atoms in total. The number of aromatic nitrogens is 3. The minimum absolute atomic E-state index is 0.0967. The van der Waals surface area contributed by atoms with E-state index >= 15 is 0 Å². The van der Waals surface area contributed by atoms with Gasteiger partial charge in [0.2, 0.25) is 0 Å². The molecule has 1 saturated heterocycles. The Labute approximate surface area is 158 Å². The maximum Gasteiger partial charge on any atom is 0.273 e. The number of hydrogen-bond donors (Lipinski definition) is 1. The maximum absolute atomic E-state index is 12.7. The minimum atomic E-state index is -0.228. The van der Waals surface area contributed by atoms with E-state index in [0.717, 1.165) is 12.8 Å². The van der Waals surface area contributed by atoms with Gasteiger partial charge < -0.3 is 15.0 Å². The van der Waals surface area contributed by atoms with Crippen LogP contribution in [0.1, 0.15) is 29.0 Å². The molecule has 1 fully saturated rings. The van der Waals surface area contributed by atoms with Crippen LogP contribution in [0.15, 0.2) is 24.3 Å². The molecule has 0 radical (unpaired) electrons. The lowest BCUT2D eigenvalue weighted by Crippen LogP contribution is -2.55. The second kappa shape index (κ2) is 7.73. The van der Waals surface area contributed by atoms with Gasteiger partial charge in [-0.05, 0) is 46.0 Å². The quantitative estimate of drug-likeness (QED) is 0.863. The van der Waals surface area contributed by atoms with Gasteiger partial charge in [-0.25, -0.2) is 4.68 Å². The highest BCUT2D eigenvalue weighted by atomic mass is 35.5. The third kappa shape index (κ3) is 3.60. The van der Waals surface area contributed by atoms with E-state index in [1.54, 1.807) is 10.7 Å². The fraction of sp³-hybridized carbons (Fsp3) is 0.500. The van der Waals surface area contributed by atoms with Crippen molar-refractivity contribution < 1.29 is 9.53 Å². The summed E-state index contributed by atoms with van der Waals surface area (Å²) in [6, 6.07) is 7.34. The molecule has 8 heteroatoms. The SMILES string of the molecule is Cc1c(C(=O)NCC2(N(C)C)CCOCC2)nnn1-c1ccccc1Cl. The molecule has 0 atom stereocenters. The van der Waals surface area contributed by atoms with Crippen molar-refractivity contribution in [1.82, 2.24) is 25.2 Å². The van der Waals surface area contributed by atoms with Crippen LogP contribution in [0, 0.1) is 6.92 Å². The molecule has 1 amide bonds. The van der Waals surface area contributed by atoms with Gasteiger partial charge in [-0.3, -0.25) is 4.79 Å². The number of hydrogen-bond acceptors (Lipinski definition) is 5. The molecule has 140 valence electrons. The molecule has 0 aliphatic carbocycles. The van der Waals surface area contributed by atoms with Crippen LogP contribution >= 0.6 is 11.6 Å². The zero-order valence-corrected chi connectivity index (χ0v) is 16.1. The monoisotopic (exact) mass is 377 g/mol. The van der Waals surface area contributed by atoms with Crippen LogP contribution in [0.3, 0.4) is 0 Å². The Bertz CT molecular complexity index is 784. The van der Waals surface area contributed by atoms with Crippen LogP contribution in [0.2, 0.25) is 5.02 Å². The molecule has 1 aliphatic rings. The Morgan fingerprint density at radius 2 is 2.04 bits per heavy atom. The zero-order chi connectivity index (χ0) is 18.7. The lowest BCUT2D eigenvalue weighted by molar-refractivity contribution is -0.00660. The molecular weight excluding hydrogens is 354 g/mol. The number of nitrogens with one attached hydrogen (secondary N) is 1. The lowest BCUT2D eigenvalue weighted by atomic mass is 9.88. The van der Waals surface area contributed by atoms with Crippen molar-refractivity contribution in [2.75, 3.05) is 33.9 Å². The Hall–Kier alpha value is -1.96. The Morgan fingerprint density at radius 3 is 2.69 bits per heavy atom. The molecule has 26 heavy (non-hydrogen) atoms. The molecule has 1 aromatic carbocycles. The number of para-hydroxylation sites is 1. The number of ether oxygens (including phenoxy) is 1. The van der Waals surface area contributed by atoms with Crippen LogP contribution < -0.4 is 5.32 Å². The van der Waals surface area contributed by atoms with Crippen LogP contribution in [0.25, 0.3) is 5.69 Å². The first-order valence-electron chi connectivity index (χ1n) is 8.65. The Morgan fingerprint density at radius 1 is 1.35 bits per heavy atom. The second-order valence-corrected chi connectivity index (χ2v) is 7.21. The van der Waals surface area contributed by atoms with E-state index in [2.05, 4.69) is 20.5 Å². The third-order valence-corrected chi connectivity index (χ3v) is 5.46. The summed E-state index contributed by atoms with van der Waals surface area (Å²) in [6.07, 6.45) is 1.76. The molecule has 0 spiro atoms. The van der Waals surface area contributed by atoms with Gasteiger partial charge in [-0.15, -0.1) is 5.10 Å². The minimum Gasteiger partial charge on any atom is -0.381 e. The molecular formula is C18H24ClN5O2. The topological polar surface area (TPSA) is 72.3 Å².